The van der Waals surface area contributed by atoms with E-state index >= 15 is 0 Å². The Balaban J connectivity index is 1.90. The second kappa shape index (κ2) is 8.87. The van der Waals surface area contributed by atoms with Crippen LogP contribution >= 0.6 is 11.6 Å². The lowest BCUT2D eigenvalue weighted by atomic mass is 10.2. The van der Waals surface area contributed by atoms with E-state index in [0.717, 1.165) is 25.7 Å². The molecule has 1 aliphatic heterocycles. The number of anilines is 1. The van der Waals surface area contributed by atoms with E-state index in [9.17, 15) is 13.2 Å². The number of nitrogens with one attached hydrogen (secondary N) is 1. The van der Waals surface area contributed by atoms with Crippen molar-refractivity contribution in [1.29, 1.82) is 0 Å². The SMILES string of the molecule is Cc1c(Cl)cccc1N(CCCC(=O)NC[C@H]1CCCO1)S(C)(=O)=O. The molecule has 1 aliphatic rings. The van der Waals surface area contributed by atoms with Crippen molar-refractivity contribution in [2.24, 2.45) is 0 Å². The van der Waals surface area contributed by atoms with Gasteiger partial charge in [0.05, 0.1) is 18.0 Å². The van der Waals surface area contributed by atoms with Gasteiger partial charge < -0.3 is 10.1 Å². The van der Waals surface area contributed by atoms with Gasteiger partial charge in [-0.1, -0.05) is 17.7 Å². The first-order chi connectivity index (χ1) is 11.8. The standard InChI is InChI=1S/C17H25ClN2O4S/c1-13-15(18)7-3-8-16(13)20(25(2,22)23)10-4-9-17(21)19-12-14-6-5-11-24-14/h3,7-8,14H,4-6,9-12H2,1-2H3,(H,19,21)/t14-/m1/s1. The summed E-state index contributed by atoms with van der Waals surface area (Å²) < 4.78 is 31.0. The van der Waals surface area contributed by atoms with E-state index in [0.29, 0.717) is 29.2 Å². The molecule has 1 aromatic carbocycles. The van der Waals surface area contributed by atoms with Crippen molar-refractivity contribution in [1.82, 2.24) is 5.32 Å². The Kier molecular flexibility index (Phi) is 7.10. The van der Waals surface area contributed by atoms with E-state index < -0.39 is 10.0 Å². The van der Waals surface area contributed by atoms with Crippen LogP contribution in [0.25, 0.3) is 0 Å². The number of benzene rings is 1. The van der Waals surface area contributed by atoms with Crippen molar-refractivity contribution in [3.63, 3.8) is 0 Å². The van der Waals surface area contributed by atoms with Crippen LogP contribution in [0, 0.1) is 6.92 Å². The number of sulfonamides is 1. The summed E-state index contributed by atoms with van der Waals surface area (Å²) in [6.45, 7) is 3.28. The Bertz CT molecular complexity index is 703. The Morgan fingerprint density at radius 1 is 1.44 bits per heavy atom. The minimum atomic E-state index is -3.46. The Hall–Kier alpha value is -1.31. The van der Waals surface area contributed by atoms with Crippen molar-refractivity contribution >= 4 is 33.2 Å². The number of ether oxygens (including phenoxy) is 1. The number of nitrogens with zero attached hydrogens (tertiary/aromatic N) is 1. The first-order valence-electron chi connectivity index (χ1n) is 8.40. The first-order valence-corrected chi connectivity index (χ1v) is 10.6. The molecule has 1 N–H and O–H groups in total. The molecule has 1 atom stereocenters. The van der Waals surface area contributed by atoms with Crippen LogP contribution in [-0.4, -0.2) is 46.4 Å². The average Bonchev–Trinajstić information content (AvgIpc) is 3.05. The second-order valence-electron chi connectivity index (χ2n) is 6.26. The molecule has 2 rings (SSSR count). The first kappa shape index (κ1) is 20.0. The number of rotatable bonds is 8. The molecule has 0 spiro atoms. The van der Waals surface area contributed by atoms with Gasteiger partial charge in [0.25, 0.3) is 0 Å². The van der Waals surface area contributed by atoms with Gasteiger partial charge in [-0.25, -0.2) is 8.42 Å². The van der Waals surface area contributed by atoms with Gasteiger partial charge in [0, 0.05) is 31.1 Å². The molecular weight excluding hydrogens is 364 g/mol. The van der Waals surface area contributed by atoms with Crippen molar-refractivity contribution < 1.29 is 17.9 Å². The maximum absolute atomic E-state index is 12.1. The molecule has 1 aromatic rings. The number of amides is 1. The Morgan fingerprint density at radius 3 is 2.84 bits per heavy atom. The minimum absolute atomic E-state index is 0.0910. The van der Waals surface area contributed by atoms with E-state index in [1.54, 1.807) is 25.1 Å². The summed E-state index contributed by atoms with van der Waals surface area (Å²) in [5, 5.41) is 3.36. The molecule has 1 fully saturated rings. The molecule has 25 heavy (non-hydrogen) atoms. The molecule has 8 heteroatoms. The maximum atomic E-state index is 12.1. The fourth-order valence-corrected chi connectivity index (χ4v) is 4.02. The van der Waals surface area contributed by atoms with Crippen LogP contribution < -0.4 is 9.62 Å². The highest BCUT2D eigenvalue weighted by molar-refractivity contribution is 7.92. The molecule has 1 amide bonds. The van der Waals surface area contributed by atoms with Crippen molar-refractivity contribution in [2.75, 3.05) is 30.3 Å². The van der Waals surface area contributed by atoms with Gasteiger partial charge in [-0.15, -0.1) is 0 Å². The van der Waals surface area contributed by atoms with Crippen LogP contribution in [0.15, 0.2) is 18.2 Å². The van der Waals surface area contributed by atoms with Crippen LogP contribution in [0.5, 0.6) is 0 Å². The van der Waals surface area contributed by atoms with Gasteiger partial charge in [-0.2, -0.15) is 0 Å². The summed E-state index contributed by atoms with van der Waals surface area (Å²) in [5.74, 6) is -0.0910. The predicted octanol–water partition coefficient (Wildman–Crippen LogP) is 2.49. The number of carbonyl (C=O) groups excluding carboxylic acids is 1. The molecule has 1 heterocycles. The topological polar surface area (TPSA) is 75.7 Å². The third-order valence-corrected chi connectivity index (χ3v) is 5.81. The Morgan fingerprint density at radius 2 is 2.20 bits per heavy atom. The lowest BCUT2D eigenvalue weighted by Gasteiger charge is -2.24. The molecule has 140 valence electrons. The highest BCUT2D eigenvalue weighted by Crippen LogP contribution is 2.28. The predicted molar refractivity (Wildman–Crippen MR) is 99.6 cm³/mol. The third kappa shape index (κ3) is 5.87. The molecule has 0 aliphatic carbocycles. The molecule has 0 unspecified atom stereocenters. The smallest absolute Gasteiger partial charge is 0.232 e. The van der Waals surface area contributed by atoms with Gasteiger partial charge in [-0.05, 0) is 43.9 Å². The van der Waals surface area contributed by atoms with E-state index in [1.807, 2.05) is 0 Å². The summed E-state index contributed by atoms with van der Waals surface area (Å²) >= 11 is 6.10. The van der Waals surface area contributed by atoms with Gasteiger partial charge in [-0.3, -0.25) is 9.10 Å². The van der Waals surface area contributed by atoms with E-state index in [-0.39, 0.29) is 25.0 Å². The zero-order valence-corrected chi connectivity index (χ0v) is 16.2. The van der Waals surface area contributed by atoms with Crippen molar-refractivity contribution in [2.45, 2.75) is 38.7 Å². The van der Waals surface area contributed by atoms with E-state index in [2.05, 4.69) is 5.32 Å². The largest absolute Gasteiger partial charge is 0.376 e. The van der Waals surface area contributed by atoms with Crippen LogP contribution in [0.1, 0.15) is 31.2 Å². The van der Waals surface area contributed by atoms with Crippen LogP contribution in [0.4, 0.5) is 5.69 Å². The fourth-order valence-electron chi connectivity index (χ4n) is 2.84. The number of halogens is 1. The highest BCUT2D eigenvalue weighted by Gasteiger charge is 2.21. The van der Waals surface area contributed by atoms with Gasteiger partial charge in [0.1, 0.15) is 0 Å². The zero-order valence-electron chi connectivity index (χ0n) is 14.6. The molecular formula is C17H25ClN2O4S. The number of hydrogen-bond donors (Lipinski definition) is 1. The molecule has 6 nitrogen and oxygen atoms in total. The van der Waals surface area contributed by atoms with Crippen LogP contribution in [-0.2, 0) is 19.6 Å². The maximum Gasteiger partial charge on any atom is 0.232 e. The summed E-state index contributed by atoms with van der Waals surface area (Å²) in [7, 11) is -3.46. The molecule has 1 saturated heterocycles. The normalized spacial score (nSPS) is 17.5. The summed E-state index contributed by atoms with van der Waals surface area (Å²) in [6, 6.07) is 5.16. The van der Waals surface area contributed by atoms with Crippen molar-refractivity contribution in [3.8, 4) is 0 Å². The summed E-state index contributed by atoms with van der Waals surface area (Å²) in [4.78, 5) is 11.9. The third-order valence-electron chi connectivity index (χ3n) is 4.22. The summed E-state index contributed by atoms with van der Waals surface area (Å²) in [6.07, 6.45) is 3.95. The van der Waals surface area contributed by atoms with Crippen LogP contribution in [0.3, 0.4) is 0 Å². The minimum Gasteiger partial charge on any atom is -0.376 e. The fraction of sp³-hybridized carbons (Fsp3) is 0.588. The van der Waals surface area contributed by atoms with Crippen molar-refractivity contribution in [3.05, 3.63) is 28.8 Å². The summed E-state index contributed by atoms with van der Waals surface area (Å²) in [5.41, 5.74) is 1.26. The monoisotopic (exact) mass is 388 g/mol. The van der Waals surface area contributed by atoms with E-state index in [4.69, 9.17) is 16.3 Å². The number of hydrogen-bond acceptors (Lipinski definition) is 4. The lowest BCUT2D eigenvalue weighted by Crippen LogP contribution is -2.34. The molecule has 0 radical (unpaired) electrons. The highest BCUT2D eigenvalue weighted by atomic mass is 35.5. The molecule has 0 saturated carbocycles. The second-order valence-corrected chi connectivity index (χ2v) is 8.58. The number of carbonyl (C=O) groups is 1. The van der Waals surface area contributed by atoms with Crippen LogP contribution in [0.2, 0.25) is 5.02 Å². The molecule has 0 bridgehead atoms. The van der Waals surface area contributed by atoms with Gasteiger partial charge >= 0.3 is 0 Å². The lowest BCUT2D eigenvalue weighted by molar-refractivity contribution is -0.121. The van der Waals surface area contributed by atoms with E-state index in [1.165, 1.54) is 4.31 Å². The molecule has 0 aromatic heterocycles. The quantitative estimate of drug-likeness (QED) is 0.742. The van der Waals surface area contributed by atoms with Gasteiger partial charge in [0.2, 0.25) is 15.9 Å². The average molecular weight is 389 g/mol. The Labute approximate surface area is 154 Å². The van der Waals surface area contributed by atoms with Gasteiger partial charge in [0.15, 0.2) is 0 Å². The zero-order chi connectivity index (χ0) is 18.4.